The van der Waals surface area contributed by atoms with E-state index in [1.807, 2.05) is 42.1 Å². The molecule has 1 saturated heterocycles. The van der Waals surface area contributed by atoms with E-state index >= 15 is 0 Å². The Morgan fingerprint density at radius 2 is 1.62 bits per heavy atom. The summed E-state index contributed by atoms with van der Waals surface area (Å²) >= 11 is 0. The van der Waals surface area contributed by atoms with Crippen molar-refractivity contribution in [2.45, 2.75) is 17.7 Å². The number of anilines is 1. The lowest BCUT2D eigenvalue weighted by Crippen LogP contribution is -2.50. The number of hydrogen-bond donors (Lipinski definition) is 1. The van der Waals surface area contributed by atoms with Gasteiger partial charge in [-0.25, -0.2) is 8.42 Å². The number of benzene rings is 2. The van der Waals surface area contributed by atoms with Gasteiger partial charge in [-0.2, -0.15) is 4.31 Å². The van der Waals surface area contributed by atoms with E-state index in [4.69, 9.17) is 0 Å². The van der Waals surface area contributed by atoms with Gasteiger partial charge in [0.05, 0.1) is 10.6 Å². The Morgan fingerprint density at radius 1 is 0.906 bits per heavy atom. The standard InChI is InChI=1S/C23H26N4O4S/c1-25-13-12-19-20(8-5-9-21(19)25)24-22(28)10-11-23(29)26-14-16-27(17-15-26)32(30,31)18-6-3-2-4-7-18/h2-9,12-13H,10-11,14-17H2,1H3,(H,24,28). The molecule has 2 heterocycles. The number of rotatable bonds is 6. The van der Waals surface area contributed by atoms with Crippen molar-refractivity contribution in [1.29, 1.82) is 0 Å². The molecule has 168 valence electrons. The van der Waals surface area contributed by atoms with E-state index in [1.54, 1.807) is 35.2 Å². The second-order valence-electron chi connectivity index (χ2n) is 7.81. The minimum absolute atomic E-state index is 0.0740. The summed E-state index contributed by atoms with van der Waals surface area (Å²) in [5.74, 6) is -0.366. The molecule has 3 aromatic rings. The third kappa shape index (κ3) is 4.53. The van der Waals surface area contributed by atoms with Gasteiger partial charge in [0, 0.05) is 63.2 Å². The first-order valence-corrected chi connectivity index (χ1v) is 12.0. The Hall–Kier alpha value is -3.17. The molecule has 0 unspecified atom stereocenters. The van der Waals surface area contributed by atoms with E-state index in [1.165, 1.54) is 4.31 Å². The van der Waals surface area contributed by atoms with Crippen molar-refractivity contribution >= 4 is 38.4 Å². The molecule has 8 nitrogen and oxygen atoms in total. The maximum Gasteiger partial charge on any atom is 0.243 e. The van der Waals surface area contributed by atoms with Crippen molar-refractivity contribution in [2.24, 2.45) is 7.05 Å². The van der Waals surface area contributed by atoms with Crippen LogP contribution in [0.15, 0.2) is 65.7 Å². The van der Waals surface area contributed by atoms with Gasteiger partial charge in [0.25, 0.3) is 0 Å². The summed E-state index contributed by atoms with van der Waals surface area (Å²) in [6, 6.07) is 15.9. The van der Waals surface area contributed by atoms with Crippen LogP contribution in [-0.2, 0) is 26.7 Å². The van der Waals surface area contributed by atoms with Crippen LogP contribution in [0.25, 0.3) is 10.9 Å². The average molecular weight is 455 g/mol. The summed E-state index contributed by atoms with van der Waals surface area (Å²) in [6.07, 6.45) is 2.09. The summed E-state index contributed by atoms with van der Waals surface area (Å²) in [4.78, 5) is 26.9. The molecule has 32 heavy (non-hydrogen) atoms. The minimum atomic E-state index is -3.56. The monoisotopic (exact) mass is 454 g/mol. The van der Waals surface area contributed by atoms with Gasteiger partial charge in [-0.1, -0.05) is 24.3 Å². The highest BCUT2D eigenvalue weighted by molar-refractivity contribution is 7.89. The van der Waals surface area contributed by atoms with Gasteiger partial charge >= 0.3 is 0 Å². The molecule has 4 rings (SSSR count). The van der Waals surface area contributed by atoms with Crippen LogP contribution < -0.4 is 5.32 Å². The van der Waals surface area contributed by atoms with Gasteiger partial charge in [0.1, 0.15) is 0 Å². The van der Waals surface area contributed by atoms with E-state index < -0.39 is 10.0 Å². The Labute approximate surface area is 187 Å². The van der Waals surface area contributed by atoms with Crippen LogP contribution in [0.5, 0.6) is 0 Å². The molecule has 0 atom stereocenters. The molecule has 1 aliphatic heterocycles. The van der Waals surface area contributed by atoms with Crippen LogP contribution >= 0.6 is 0 Å². The average Bonchev–Trinajstić information content (AvgIpc) is 3.20. The minimum Gasteiger partial charge on any atom is -0.350 e. The number of amides is 2. The zero-order valence-electron chi connectivity index (χ0n) is 17.9. The molecule has 9 heteroatoms. The van der Waals surface area contributed by atoms with Gasteiger partial charge in [0.2, 0.25) is 21.8 Å². The zero-order chi connectivity index (χ0) is 22.7. The van der Waals surface area contributed by atoms with Crippen LogP contribution in [0.1, 0.15) is 12.8 Å². The van der Waals surface area contributed by atoms with Gasteiger partial charge in [-0.05, 0) is 30.3 Å². The molecular formula is C23H26N4O4S. The predicted octanol–water partition coefficient (Wildman–Crippen LogP) is 2.43. The van der Waals surface area contributed by atoms with Gasteiger partial charge in [-0.15, -0.1) is 0 Å². The highest BCUT2D eigenvalue weighted by Gasteiger charge is 2.30. The van der Waals surface area contributed by atoms with Crippen molar-refractivity contribution in [3.8, 4) is 0 Å². The van der Waals surface area contributed by atoms with Gasteiger partial charge < -0.3 is 14.8 Å². The lowest BCUT2D eigenvalue weighted by atomic mass is 10.2. The topological polar surface area (TPSA) is 91.7 Å². The van der Waals surface area contributed by atoms with Crippen LogP contribution in [0, 0.1) is 0 Å². The lowest BCUT2D eigenvalue weighted by molar-refractivity contribution is -0.133. The number of nitrogens with one attached hydrogen (secondary N) is 1. The predicted molar refractivity (Wildman–Crippen MR) is 123 cm³/mol. The van der Waals surface area contributed by atoms with Crippen molar-refractivity contribution in [1.82, 2.24) is 13.8 Å². The van der Waals surface area contributed by atoms with E-state index in [0.29, 0.717) is 13.1 Å². The van der Waals surface area contributed by atoms with Crippen molar-refractivity contribution < 1.29 is 18.0 Å². The molecule has 1 N–H and O–H groups in total. The summed E-state index contributed by atoms with van der Waals surface area (Å²) in [7, 11) is -1.62. The third-order valence-corrected chi connectivity index (χ3v) is 7.65. The zero-order valence-corrected chi connectivity index (χ0v) is 18.7. The molecule has 0 radical (unpaired) electrons. The quantitative estimate of drug-likeness (QED) is 0.619. The highest BCUT2D eigenvalue weighted by Crippen LogP contribution is 2.24. The second kappa shape index (κ2) is 9.13. The van der Waals surface area contributed by atoms with E-state index in [2.05, 4.69) is 5.32 Å². The number of aromatic nitrogens is 1. The number of sulfonamides is 1. The maximum atomic E-state index is 12.7. The van der Waals surface area contributed by atoms with Crippen molar-refractivity contribution in [3.63, 3.8) is 0 Å². The highest BCUT2D eigenvalue weighted by atomic mass is 32.2. The molecule has 0 aliphatic carbocycles. The molecule has 2 aromatic carbocycles. The summed E-state index contributed by atoms with van der Waals surface area (Å²) < 4.78 is 28.8. The lowest BCUT2D eigenvalue weighted by Gasteiger charge is -2.34. The van der Waals surface area contributed by atoms with E-state index in [-0.39, 0.29) is 42.6 Å². The molecule has 1 aliphatic rings. The molecule has 0 bridgehead atoms. The Kier molecular flexibility index (Phi) is 6.29. The fraction of sp³-hybridized carbons (Fsp3) is 0.304. The van der Waals surface area contributed by atoms with Crippen LogP contribution in [0.3, 0.4) is 0 Å². The maximum absolute atomic E-state index is 12.7. The Bertz CT molecular complexity index is 1230. The van der Waals surface area contributed by atoms with Crippen molar-refractivity contribution in [3.05, 3.63) is 60.8 Å². The number of fused-ring (bicyclic) bond motifs is 1. The Balaban J connectivity index is 1.28. The van der Waals surface area contributed by atoms with Gasteiger partial charge in [0.15, 0.2) is 0 Å². The number of carbonyl (C=O) groups excluding carboxylic acids is 2. The first-order valence-electron chi connectivity index (χ1n) is 10.5. The van der Waals surface area contributed by atoms with Crippen molar-refractivity contribution in [2.75, 3.05) is 31.5 Å². The van der Waals surface area contributed by atoms with Crippen LogP contribution in [0.4, 0.5) is 5.69 Å². The molecule has 1 fully saturated rings. The van der Waals surface area contributed by atoms with Crippen LogP contribution in [-0.4, -0.2) is 60.2 Å². The summed E-state index contributed by atoms with van der Waals surface area (Å²) in [5, 5.41) is 3.84. The number of piperazine rings is 1. The molecular weight excluding hydrogens is 428 g/mol. The van der Waals surface area contributed by atoms with E-state index in [9.17, 15) is 18.0 Å². The number of aryl methyl sites for hydroxylation is 1. The molecule has 2 amide bonds. The first-order chi connectivity index (χ1) is 15.4. The third-order valence-electron chi connectivity index (χ3n) is 5.74. The molecule has 1 aromatic heterocycles. The Morgan fingerprint density at radius 3 is 2.34 bits per heavy atom. The largest absolute Gasteiger partial charge is 0.350 e. The molecule has 0 spiro atoms. The SMILES string of the molecule is Cn1ccc2c(NC(=O)CCC(=O)N3CCN(S(=O)(=O)c4ccccc4)CC3)cccc21. The number of hydrogen-bond acceptors (Lipinski definition) is 4. The molecule has 0 saturated carbocycles. The summed E-state index contributed by atoms with van der Waals surface area (Å²) in [6.45, 7) is 1.11. The first kappa shape index (κ1) is 22.0. The summed E-state index contributed by atoms with van der Waals surface area (Å²) in [5.41, 5.74) is 1.74. The number of carbonyl (C=O) groups is 2. The normalized spacial score (nSPS) is 15.1. The fourth-order valence-corrected chi connectivity index (χ4v) is 5.37. The second-order valence-corrected chi connectivity index (χ2v) is 9.75. The van der Waals surface area contributed by atoms with Crippen LogP contribution in [0.2, 0.25) is 0 Å². The van der Waals surface area contributed by atoms with E-state index in [0.717, 1.165) is 16.6 Å². The van der Waals surface area contributed by atoms with Gasteiger partial charge in [-0.3, -0.25) is 9.59 Å². The fourth-order valence-electron chi connectivity index (χ4n) is 3.92. The smallest absolute Gasteiger partial charge is 0.243 e. The number of nitrogens with zero attached hydrogens (tertiary/aromatic N) is 3.